The summed E-state index contributed by atoms with van der Waals surface area (Å²) in [6, 6.07) is 9.84. The quantitative estimate of drug-likeness (QED) is 0.648. The van der Waals surface area contributed by atoms with Crippen molar-refractivity contribution in [2.75, 3.05) is 31.6 Å². The average Bonchev–Trinajstić information content (AvgIpc) is 3.21. The van der Waals surface area contributed by atoms with Gasteiger partial charge in [-0.3, -0.25) is 24.6 Å². The summed E-state index contributed by atoms with van der Waals surface area (Å²) in [4.78, 5) is 41.0. The van der Waals surface area contributed by atoms with E-state index in [0.29, 0.717) is 24.3 Å². The SMILES string of the molecule is [2H]C([2H])(Nc1cccc2c1CN([C@H]1C(=O)NC(=O)C([2H])([2H])C1([2H])[2H])C2=O)c1ccc(CN2CCOCC2)cc1. The summed E-state index contributed by atoms with van der Waals surface area (Å²) in [6.45, 7) is 1.47. The molecule has 3 aliphatic rings. The summed E-state index contributed by atoms with van der Waals surface area (Å²) in [5, 5.41) is 4.67. The minimum atomic E-state index is -3.05. The van der Waals surface area contributed by atoms with Gasteiger partial charge in [-0.2, -0.15) is 0 Å². The van der Waals surface area contributed by atoms with Crippen LogP contribution in [0, 0.1) is 0 Å². The van der Waals surface area contributed by atoms with Crippen molar-refractivity contribution in [2.24, 2.45) is 0 Å². The molecule has 0 spiro atoms. The van der Waals surface area contributed by atoms with Crippen molar-refractivity contribution < 1.29 is 27.3 Å². The monoisotopic (exact) mass is 454 g/mol. The predicted molar refractivity (Wildman–Crippen MR) is 122 cm³/mol. The number of hydrogen-bond donors (Lipinski definition) is 2. The van der Waals surface area contributed by atoms with E-state index in [1.807, 2.05) is 17.4 Å². The van der Waals surface area contributed by atoms with Gasteiger partial charge in [0.2, 0.25) is 11.8 Å². The van der Waals surface area contributed by atoms with E-state index in [9.17, 15) is 14.4 Å². The predicted octanol–water partition coefficient (Wildman–Crippen LogP) is 1.89. The minimum absolute atomic E-state index is 0.137. The standard InChI is InChI=1S/C25H28N4O4/c30-23-9-8-22(24(31)27-23)29-16-20-19(25(29)32)2-1-3-21(20)26-14-17-4-6-18(7-5-17)15-28-10-12-33-13-11-28/h1-7,22,26H,8-16H2,(H,27,30,31)/t22-/m1/s1/i8D2,9D2,14D2. The largest absolute Gasteiger partial charge is 0.381 e. The Hall–Kier alpha value is -3.23. The number of nitrogens with zero attached hydrogens (tertiary/aromatic N) is 2. The fourth-order valence-electron chi connectivity index (χ4n) is 4.16. The van der Waals surface area contributed by atoms with E-state index in [4.69, 9.17) is 13.0 Å². The number of anilines is 1. The van der Waals surface area contributed by atoms with Gasteiger partial charge in [-0.15, -0.1) is 0 Å². The van der Waals surface area contributed by atoms with Crippen molar-refractivity contribution in [3.8, 4) is 0 Å². The van der Waals surface area contributed by atoms with Gasteiger partial charge in [0.05, 0.1) is 16.0 Å². The number of benzene rings is 2. The lowest BCUT2D eigenvalue weighted by Gasteiger charge is -2.29. The van der Waals surface area contributed by atoms with E-state index < -0.39 is 43.0 Å². The Bertz CT molecular complexity index is 1310. The first kappa shape index (κ1) is 15.6. The molecule has 5 rings (SSSR count). The second-order valence-corrected chi connectivity index (χ2v) is 8.09. The number of amides is 3. The molecule has 2 fully saturated rings. The van der Waals surface area contributed by atoms with Gasteiger partial charge in [-0.25, -0.2) is 0 Å². The molecule has 0 unspecified atom stereocenters. The molecule has 0 bridgehead atoms. The molecule has 3 aliphatic heterocycles. The average molecular weight is 455 g/mol. The Labute approximate surface area is 201 Å². The molecule has 3 heterocycles. The van der Waals surface area contributed by atoms with E-state index in [1.54, 1.807) is 24.3 Å². The summed E-state index contributed by atoms with van der Waals surface area (Å²) >= 11 is 0. The number of morpholine rings is 1. The van der Waals surface area contributed by atoms with Crippen LogP contribution in [0.25, 0.3) is 0 Å². The van der Waals surface area contributed by atoms with Gasteiger partial charge in [0.25, 0.3) is 5.91 Å². The third kappa shape index (κ3) is 4.62. The van der Waals surface area contributed by atoms with E-state index in [1.165, 1.54) is 6.07 Å². The number of hydrogen-bond acceptors (Lipinski definition) is 6. The topological polar surface area (TPSA) is 91.0 Å². The van der Waals surface area contributed by atoms with Gasteiger partial charge in [-0.05, 0) is 29.6 Å². The van der Waals surface area contributed by atoms with Gasteiger partial charge >= 0.3 is 0 Å². The Kier molecular flexibility index (Phi) is 4.40. The fraction of sp³-hybridized carbons (Fsp3) is 0.400. The minimum Gasteiger partial charge on any atom is -0.381 e. The molecule has 3 amide bonds. The number of imide groups is 1. The van der Waals surface area contributed by atoms with Crippen molar-refractivity contribution in [3.05, 3.63) is 64.7 Å². The zero-order valence-electron chi connectivity index (χ0n) is 23.9. The summed E-state index contributed by atoms with van der Waals surface area (Å²) in [7, 11) is 0. The Morgan fingerprint density at radius 2 is 1.85 bits per heavy atom. The Morgan fingerprint density at radius 3 is 2.64 bits per heavy atom. The molecule has 1 atom stereocenters. The highest BCUT2D eigenvalue weighted by Crippen LogP contribution is 2.32. The maximum Gasteiger partial charge on any atom is 0.255 e. The molecule has 172 valence electrons. The molecule has 2 aromatic carbocycles. The summed E-state index contributed by atoms with van der Waals surface area (Å²) in [5.74, 6) is -3.22. The number of carbonyl (C=O) groups excluding carboxylic acids is 3. The molecule has 0 aromatic heterocycles. The van der Waals surface area contributed by atoms with Gasteiger partial charge in [0.15, 0.2) is 0 Å². The van der Waals surface area contributed by atoms with Crippen LogP contribution in [-0.4, -0.2) is 59.9 Å². The van der Waals surface area contributed by atoms with Crippen LogP contribution in [0.4, 0.5) is 5.69 Å². The first-order valence-corrected chi connectivity index (χ1v) is 10.8. The van der Waals surface area contributed by atoms with E-state index in [-0.39, 0.29) is 17.8 Å². The van der Waals surface area contributed by atoms with Crippen LogP contribution in [0.1, 0.15) is 48.0 Å². The number of nitrogens with one attached hydrogen (secondary N) is 2. The van der Waals surface area contributed by atoms with E-state index in [0.717, 1.165) is 30.1 Å². The van der Waals surface area contributed by atoms with Crippen molar-refractivity contribution in [2.45, 2.75) is 38.4 Å². The van der Waals surface area contributed by atoms with Crippen LogP contribution in [0.15, 0.2) is 42.5 Å². The third-order valence-electron chi connectivity index (χ3n) is 5.92. The molecule has 8 nitrogen and oxygen atoms in total. The zero-order valence-corrected chi connectivity index (χ0v) is 17.9. The number of carbonyl (C=O) groups is 3. The lowest BCUT2D eigenvalue weighted by molar-refractivity contribution is -0.136. The highest BCUT2D eigenvalue weighted by atomic mass is 16.5. The van der Waals surface area contributed by atoms with Crippen molar-refractivity contribution in [1.82, 2.24) is 15.1 Å². The first-order chi connectivity index (χ1) is 18.3. The van der Waals surface area contributed by atoms with Gasteiger partial charge < -0.3 is 15.0 Å². The highest BCUT2D eigenvalue weighted by Gasteiger charge is 2.39. The Morgan fingerprint density at radius 1 is 1.09 bits per heavy atom. The molecular weight excluding hydrogens is 420 g/mol. The van der Waals surface area contributed by atoms with Gasteiger partial charge in [0.1, 0.15) is 6.04 Å². The van der Waals surface area contributed by atoms with Crippen LogP contribution in [0.5, 0.6) is 0 Å². The van der Waals surface area contributed by atoms with Crippen LogP contribution in [0.3, 0.4) is 0 Å². The second-order valence-electron chi connectivity index (χ2n) is 8.09. The normalized spacial score (nSPS) is 27.3. The van der Waals surface area contributed by atoms with Crippen molar-refractivity contribution >= 4 is 23.4 Å². The van der Waals surface area contributed by atoms with Crippen LogP contribution in [0.2, 0.25) is 0 Å². The summed E-state index contributed by atoms with van der Waals surface area (Å²) < 4.78 is 55.0. The van der Waals surface area contributed by atoms with Crippen LogP contribution in [-0.2, 0) is 33.9 Å². The number of piperidine rings is 1. The molecule has 0 saturated carbocycles. The van der Waals surface area contributed by atoms with Crippen molar-refractivity contribution in [3.63, 3.8) is 0 Å². The number of rotatable bonds is 6. The maximum atomic E-state index is 13.2. The number of ether oxygens (including phenoxy) is 1. The summed E-state index contributed by atoms with van der Waals surface area (Å²) in [6.07, 6.45) is -6.04. The highest BCUT2D eigenvalue weighted by molar-refractivity contribution is 6.06. The molecule has 2 N–H and O–H groups in total. The van der Waals surface area contributed by atoms with Crippen LogP contribution >= 0.6 is 0 Å². The first-order valence-electron chi connectivity index (χ1n) is 13.8. The maximum absolute atomic E-state index is 13.2. The van der Waals surface area contributed by atoms with Gasteiger partial charge in [-0.1, -0.05) is 30.3 Å². The molecule has 2 saturated heterocycles. The second kappa shape index (κ2) is 9.33. The smallest absolute Gasteiger partial charge is 0.255 e. The molecule has 33 heavy (non-hydrogen) atoms. The van der Waals surface area contributed by atoms with E-state index in [2.05, 4.69) is 10.2 Å². The van der Waals surface area contributed by atoms with E-state index >= 15 is 0 Å². The molecule has 2 aromatic rings. The fourth-order valence-corrected chi connectivity index (χ4v) is 4.16. The third-order valence-corrected chi connectivity index (χ3v) is 5.92. The molecule has 0 aliphatic carbocycles. The zero-order chi connectivity index (χ0) is 28.2. The van der Waals surface area contributed by atoms with Gasteiger partial charge in [0, 0.05) is 61.3 Å². The van der Waals surface area contributed by atoms with Crippen LogP contribution < -0.4 is 10.6 Å². The lowest BCUT2D eigenvalue weighted by atomic mass is 10.0. The number of fused-ring (bicyclic) bond motifs is 1. The summed E-state index contributed by atoms with van der Waals surface area (Å²) in [5.41, 5.74) is 2.16. The lowest BCUT2D eigenvalue weighted by Crippen LogP contribution is -2.52. The Balaban J connectivity index is 1.36. The molecule has 0 radical (unpaired) electrons. The van der Waals surface area contributed by atoms with Crippen molar-refractivity contribution in [1.29, 1.82) is 0 Å². The molecule has 8 heteroatoms. The molecular formula is C25H28N4O4.